The Labute approximate surface area is 140 Å². The fourth-order valence-electron chi connectivity index (χ4n) is 2.15. The molecule has 0 aliphatic heterocycles. The maximum absolute atomic E-state index is 12.1. The van der Waals surface area contributed by atoms with E-state index in [1.54, 1.807) is 32.0 Å². The molecule has 0 aliphatic rings. The first-order valence-corrected chi connectivity index (χ1v) is 9.79. The van der Waals surface area contributed by atoms with Crippen LogP contribution in [0, 0.1) is 0 Å². The molecular weight excluding hydrogens is 332 g/mol. The van der Waals surface area contributed by atoms with Gasteiger partial charge in [-0.25, -0.2) is 13.1 Å². The predicted octanol–water partition coefficient (Wildman–Crippen LogP) is 2.51. The molecule has 0 saturated carbocycles. The first-order valence-electron chi connectivity index (χ1n) is 7.26. The molecule has 0 fully saturated rings. The van der Waals surface area contributed by atoms with E-state index in [1.807, 2.05) is 23.6 Å². The number of thiophene rings is 1. The summed E-state index contributed by atoms with van der Waals surface area (Å²) in [4.78, 5) is 12.6. The van der Waals surface area contributed by atoms with Crippen molar-refractivity contribution in [2.24, 2.45) is 0 Å². The lowest BCUT2D eigenvalue weighted by atomic mass is 10.1. The molecule has 124 valence electrons. The zero-order valence-electron chi connectivity index (χ0n) is 13.1. The molecular formula is C16H20N2O3S2. The largest absolute Gasteiger partial charge is 0.347 e. The van der Waals surface area contributed by atoms with Gasteiger partial charge in [-0.1, -0.05) is 30.3 Å². The fourth-order valence-corrected chi connectivity index (χ4v) is 4.28. The lowest BCUT2D eigenvalue weighted by Gasteiger charge is -2.13. The average Bonchev–Trinajstić information content (AvgIpc) is 2.98. The second-order valence-corrected chi connectivity index (χ2v) is 8.16. The normalized spacial score (nSPS) is 11.6. The SMILES string of the molecule is CC(C)NS(=O)(=O)Cc1ccccc1CNC(=O)c1cccs1. The van der Waals surface area contributed by atoms with Crippen LogP contribution < -0.4 is 10.0 Å². The molecule has 0 radical (unpaired) electrons. The molecule has 5 nitrogen and oxygen atoms in total. The van der Waals surface area contributed by atoms with Crippen LogP contribution in [0.2, 0.25) is 0 Å². The van der Waals surface area contributed by atoms with Crippen molar-refractivity contribution in [2.75, 3.05) is 0 Å². The number of amides is 1. The van der Waals surface area contributed by atoms with Crippen LogP contribution in [0.5, 0.6) is 0 Å². The highest BCUT2D eigenvalue weighted by Gasteiger charge is 2.15. The van der Waals surface area contributed by atoms with Crippen molar-refractivity contribution in [1.82, 2.24) is 10.0 Å². The van der Waals surface area contributed by atoms with E-state index in [-0.39, 0.29) is 17.7 Å². The molecule has 23 heavy (non-hydrogen) atoms. The van der Waals surface area contributed by atoms with Crippen LogP contribution in [0.25, 0.3) is 0 Å². The Morgan fingerprint density at radius 3 is 2.43 bits per heavy atom. The van der Waals surface area contributed by atoms with Gasteiger partial charge >= 0.3 is 0 Å². The van der Waals surface area contributed by atoms with Crippen LogP contribution in [0.3, 0.4) is 0 Å². The minimum absolute atomic E-state index is 0.101. The zero-order chi connectivity index (χ0) is 16.9. The van der Waals surface area contributed by atoms with Crippen molar-refractivity contribution in [1.29, 1.82) is 0 Å². The lowest BCUT2D eigenvalue weighted by Crippen LogP contribution is -2.31. The summed E-state index contributed by atoms with van der Waals surface area (Å²) in [7, 11) is -3.40. The van der Waals surface area contributed by atoms with Gasteiger partial charge in [-0.05, 0) is 36.4 Å². The summed E-state index contributed by atoms with van der Waals surface area (Å²) in [5.74, 6) is -0.256. The van der Waals surface area contributed by atoms with Crippen molar-refractivity contribution < 1.29 is 13.2 Å². The third-order valence-corrected chi connectivity index (χ3v) is 5.45. The van der Waals surface area contributed by atoms with Gasteiger partial charge in [-0.15, -0.1) is 11.3 Å². The second kappa shape index (κ2) is 7.72. The van der Waals surface area contributed by atoms with Crippen LogP contribution >= 0.6 is 11.3 Å². The van der Waals surface area contributed by atoms with Gasteiger partial charge in [0.25, 0.3) is 5.91 Å². The summed E-state index contributed by atoms with van der Waals surface area (Å²) in [6.07, 6.45) is 0. The molecule has 1 aromatic carbocycles. The van der Waals surface area contributed by atoms with E-state index in [0.29, 0.717) is 17.0 Å². The van der Waals surface area contributed by atoms with Gasteiger partial charge < -0.3 is 5.32 Å². The number of sulfonamides is 1. The van der Waals surface area contributed by atoms with Crippen LogP contribution in [-0.4, -0.2) is 20.4 Å². The number of carbonyl (C=O) groups is 1. The summed E-state index contributed by atoms with van der Waals surface area (Å²) >= 11 is 1.37. The summed E-state index contributed by atoms with van der Waals surface area (Å²) in [5, 5.41) is 4.66. The first kappa shape index (κ1) is 17.7. The smallest absolute Gasteiger partial charge is 0.261 e. The van der Waals surface area contributed by atoms with Crippen molar-refractivity contribution in [3.8, 4) is 0 Å². The molecule has 2 aromatic rings. The van der Waals surface area contributed by atoms with E-state index in [4.69, 9.17) is 0 Å². The van der Waals surface area contributed by atoms with E-state index in [0.717, 1.165) is 5.56 Å². The Bertz CT molecular complexity index is 753. The highest BCUT2D eigenvalue weighted by Crippen LogP contribution is 2.13. The number of nitrogens with one attached hydrogen (secondary N) is 2. The number of carbonyl (C=O) groups excluding carboxylic acids is 1. The lowest BCUT2D eigenvalue weighted by molar-refractivity contribution is 0.0955. The number of benzene rings is 1. The van der Waals surface area contributed by atoms with E-state index >= 15 is 0 Å². The monoisotopic (exact) mass is 352 g/mol. The summed E-state index contributed by atoms with van der Waals surface area (Å²) < 4.78 is 26.7. The number of hydrogen-bond donors (Lipinski definition) is 2. The molecule has 7 heteroatoms. The minimum atomic E-state index is -3.40. The van der Waals surface area contributed by atoms with Crippen LogP contribution in [0.15, 0.2) is 41.8 Å². The third-order valence-electron chi connectivity index (χ3n) is 3.06. The minimum Gasteiger partial charge on any atom is -0.347 e. The molecule has 0 spiro atoms. The van der Waals surface area contributed by atoms with Crippen molar-refractivity contribution in [3.05, 3.63) is 57.8 Å². The Hall–Kier alpha value is -1.70. The van der Waals surface area contributed by atoms with Gasteiger partial charge in [-0.3, -0.25) is 4.79 Å². The Balaban J connectivity index is 2.07. The van der Waals surface area contributed by atoms with Gasteiger partial charge in [0.15, 0.2) is 0 Å². The standard InChI is InChI=1S/C16H20N2O3S2/c1-12(2)18-23(20,21)11-14-7-4-3-6-13(14)10-17-16(19)15-8-5-9-22-15/h3-9,12,18H,10-11H2,1-2H3,(H,17,19). The molecule has 1 aromatic heterocycles. The predicted molar refractivity (Wildman–Crippen MR) is 92.8 cm³/mol. The van der Waals surface area contributed by atoms with E-state index in [9.17, 15) is 13.2 Å². The zero-order valence-corrected chi connectivity index (χ0v) is 14.7. The fraction of sp³-hybridized carbons (Fsp3) is 0.312. The Kier molecular flexibility index (Phi) is 5.92. The van der Waals surface area contributed by atoms with Gasteiger partial charge in [0, 0.05) is 12.6 Å². The van der Waals surface area contributed by atoms with E-state index < -0.39 is 10.0 Å². The molecule has 0 bridgehead atoms. The topological polar surface area (TPSA) is 75.3 Å². The van der Waals surface area contributed by atoms with Gasteiger partial charge in [0.1, 0.15) is 0 Å². The van der Waals surface area contributed by atoms with Crippen molar-refractivity contribution in [2.45, 2.75) is 32.2 Å². The summed E-state index contributed by atoms with van der Waals surface area (Å²) in [5.41, 5.74) is 1.48. The van der Waals surface area contributed by atoms with Crippen LogP contribution in [-0.2, 0) is 22.3 Å². The molecule has 2 N–H and O–H groups in total. The van der Waals surface area contributed by atoms with Crippen LogP contribution in [0.4, 0.5) is 0 Å². The third kappa shape index (κ3) is 5.46. The second-order valence-electron chi connectivity index (χ2n) is 5.46. The number of hydrogen-bond acceptors (Lipinski definition) is 4. The first-order chi connectivity index (χ1) is 10.9. The van der Waals surface area contributed by atoms with E-state index in [1.165, 1.54) is 11.3 Å². The summed E-state index contributed by atoms with van der Waals surface area (Å²) in [6.45, 7) is 3.86. The van der Waals surface area contributed by atoms with E-state index in [2.05, 4.69) is 10.0 Å². The molecule has 0 unspecified atom stereocenters. The van der Waals surface area contributed by atoms with Crippen LogP contribution in [0.1, 0.15) is 34.6 Å². The average molecular weight is 352 g/mol. The highest BCUT2D eigenvalue weighted by atomic mass is 32.2. The maximum Gasteiger partial charge on any atom is 0.261 e. The molecule has 1 amide bonds. The maximum atomic E-state index is 12.1. The molecule has 2 rings (SSSR count). The highest BCUT2D eigenvalue weighted by molar-refractivity contribution is 7.88. The number of rotatable bonds is 7. The van der Waals surface area contributed by atoms with Crippen molar-refractivity contribution >= 4 is 27.3 Å². The van der Waals surface area contributed by atoms with Gasteiger partial charge in [0.05, 0.1) is 10.6 Å². The summed E-state index contributed by atoms with van der Waals surface area (Å²) in [6, 6.07) is 10.6. The molecule has 0 saturated heterocycles. The Morgan fingerprint density at radius 2 is 1.83 bits per heavy atom. The quantitative estimate of drug-likeness (QED) is 0.804. The molecule has 0 atom stereocenters. The Morgan fingerprint density at radius 1 is 1.13 bits per heavy atom. The van der Waals surface area contributed by atoms with Crippen molar-refractivity contribution in [3.63, 3.8) is 0 Å². The molecule has 0 aliphatic carbocycles. The van der Waals surface area contributed by atoms with Gasteiger partial charge in [-0.2, -0.15) is 0 Å². The van der Waals surface area contributed by atoms with Gasteiger partial charge in [0.2, 0.25) is 10.0 Å². The molecule has 1 heterocycles.